The van der Waals surface area contributed by atoms with E-state index >= 15 is 0 Å². The summed E-state index contributed by atoms with van der Waals surface area (Å²) in [5.41, 5.74) is 1.40. The van der Waals surface area contributed by atoms with Gasteiger partial charge < -0.3 is 20.7 Å². The lowest BCUT2D eigenvalue weighted by atomic mass is 9.90. The average molecular weight is 529 g/mol. The highest BCUT2D eigenvalue weighted by atomic mass is 32.1. The number of halogens is 2. The monoisotopic (exact) mass is 528 g/mol. The van der Waals surface area contributed by atoms with Gasteiger partial charge in [-0.05, 0) is 48.6 Å². The third-order valence-corrected chi connectivity index (χ3v) is 7.09. The van der Waals surface area contributed by atoms with E-state index in [4.69, 9.17) is 4.74 Å². The van der Waals surface area contributed by atoms with Gasteiger partial charge in [0.2, 0.25) is 0 Å². The van der Waals surface area contributed by atoms with Gasteiger partial charge in [0.05, 0.1) is 11.7 Å². The van der Waals surface area contributed by atoms with Crippen molar-refractivity contribution < 1.29 is 23.1 Å². The summed E-state index contributed by atoms with van der Waals surface area (Å²) >= 11 is 1.34. The number of nitrogens with one attached hydrogen (secondary N) is 3. The minimum Gasteiger partial charge on any atom is -0.486 e. The van der Waals surface area contributed by atoms with E-state index in [1.165, 1.54) is 16.9 Å². The highest BCUT2D eigenvalue weighted by Crippen LogP contribution is 2.22. The van der Waals surface area contributed by atoms with Crippen molar-refractivity contribution in [2.24, 2.45) is 0 Å². The largest absolute Gasteiger partial charge is 0.486 e. The second-order valence-electron chi connectivity index (χ2n) is 9.33. The number of hydrogen-bond donors (Lipinski definition) is 3. The maximum Gasteiger partial charge on any atom is 0.319 e. The number of thiazole rings is 1. The van der Waals surface area contributed by atoms with Gasteiger partial charge >= 0.3 is 6.03 Å². The smallest absolute Gasteiger partial charge is 0.319 e. The van der Waals surface area contributed by atoms with Gasteiger partial charge in [0.25, 0.3) is 5.91 Å². The van der Waals surface area contributed by atoms with E-state index in [9.17, 15) is 18.4 Å². The van der Waals surface area contributed by atoms with Crippen molar-refractivity contribution in [2.45, 2.75) is 64.1 Å². The highest BCUT2D eigenvalue weighted by molar-refractivity contribution is 7.09. The number of urea groups is 1. The molecule has 1 fully saturated rings. The van der Waals surface area contributed by atoms with E-state index in [1.54, 1.807) is 5.38 Å². The highest BCUT2D eigenvalue weighted by Gasteiger charge is 2.29. The van der Waals surface area contributed by atoms with E-state index in [0.717, 1.165) is 30.7 Å². The second kappa shape index (κ2) is 12.1. The van der Waals surface area contributed by atoms with Gasteiger partial charge in [-0.25, -0.2) is 18.6 Å². The van der Waals surface area contributed by atoms with Gasteiger partial charge in [0.15, 0.2) is 0 Å². The number of anilines is 1. The maximum atomic E-state index is 13.9. The molecule has 2 atom stereocenters. The van der Waals surface area contributed by atoms with Crippen LogP contribution >= 0.6 is 11.3 Å². The van der Waals surface area contributed by atoms with Crippen LogP contribution in [0.1, 0.15) is 66.5 Å². The lowest BCUT2D eigenvalue weighted by Gasteiger charge is -2.32. The zero-order valence-corrected chi connectivity index (χ0v) is 21.5. The SMILES string of the molecule is CC(C)c1ccc(OCc2nc(C(=O)N[C@H]3CCCC[C@@H]3NC(=O)Nc3ccc(F)cc3F)cs2)cc1. The Morgan fingerprint density at radius 3 is 2.43 bits per heavy atom. The molecule has 1 aromatic heterocycles. The molecule has 37 heavy (non-hydrogen) atoms. The molecule has 3 N–H and O–H groups in total. The Morgan fingerprint density at radius 1 is 1.05 bits per heavy atom. The number of amides is 3. The van der Waals surface area contributed by atoms with Crippen molar-refractivity contribution in [1.29, 1.82) is 0 Å². The number of benzene rings is 2. The predicted molar refractivity (Wildman–Crippen MR) is 139 cm³/mol. The molecular weight excluding hydrogens is 498 g/mol. The number of carbonyl (C=O) groups excluding carboxylic acids is 2. The van der Waals surface area contributed by atoms with Gasteiger partial charge in [-0.1, -0.05) is 38.8 Å². The number of hydrogen-bond acceptors (Lipinski definition) is 5. The van der Waals surface area contributed by atoms with Crippen LogP contribution in [0.25, 0.3) is 0 Å². The van der Waals surface area contributed by atoms with Gasteiger partial charge in [0.1, 0.15) is 34.7 Å². The summed E-state index contributed by atoms with van der Waals surface area (Å²) in [6.45, 7) is 4.52. The zero-order chi connectivity index (χ0) is 26.4. The molecule has 0 bridgehead atoms. The summed E-state index contributed by atoms with van der Waals surface area (Å²) < 4.78 is 32.8. The predicted octanol–water partition coefficient (Wildman–Crippen LogP) is 5.99. The standard InChI is InChI=1S/C27H30F2N4O3S/c1-16(2)17-7-10-19(11-8-17)36-14-25-30-24(15-37-25)26(34)31-22-5-3-4-6-23(22)33-27(35)32-21-12-9-18(28)13-20(21)29/h7-13,15-16,22-23H,3-6,14H2,1-2H3,(H,31,34)(H2,32,33,35)/t22-,23-/m0/s1. The Hall–Kier alpha value is -3.53. The fourth-order valence-corrected chi connectivity index (χ4v) is 4.90. The normalized spacial score (nSPS) is 17.3. The van der Waals surface area contributed by atoms with Crippen molar-refractivity contribution >= 4 is 29.0 Å². The van der Waals surface area contributed by atoms with Crippen molar-refractivity contribution in [1.82, 2.24) is 15.6 Å². The Kier molecular flexibility index (Phi) is 8.70. The Balaban J connectivity index is 1.30. The van der Waals surface area contributed by atoms with Crippen LogP contribution in [0.5, 0.6) is 5.75 Å². The van der Waals surface area contributed by atoms with Crippen molar-refractivity contribution in [3.05, 3.63) is 75.7 Å². The van der Waals surface area contributed by atoms with E-state index in [-0.39, 0.29) is 30.3 Å². The summed E-state index contributed by atoms with van der Waals surface area (Å²) in [6, 6.07) is 9.59. The Labute approximate surface area is 218 Å². The fraction of sp³-hybridized carbons (Fsp3) is 0.370. The minimum atomic E-state index is -0.862. The van der Waals surface area contributed by atoms with Crippen LogP contribution in [0.4, 0.5) is 19.3 Å². The van der Waals surface area contributed by atoms with E-state index in [1.807, 2.05) is 24.3 Å². The number of rotatable bonds is 8. The van der Waals surface area contributed by atoms with E-state index in [2.05, 4.69) is 34.8 Å². The molecule has 7 nitrogen and oxygen atoms in total. The molecule has 196 valence electrons. The van der Waals surface area contributed by atoms with Crippen LogP contribution in [0.3, 0.4) is 0 Å². The van der Waals surface area contributed by atoms with Crippen molar-refractivity contribution in [3.63, 3.8) is 0 Å². The molecule has 0 spiro atoms. The first kappa shape index (κ1) is 26.5. The minimum absolute atomic E-state index is 0.122. The summed E-state index contributed by atoms with van der Waals surface area (Å²) in [7, 11) is 0. The molecule has 1 heterocycles. The molecule has 4 rings (SSSR count). The Morgan fingerprint density at radius 2 is 1.76 bits per heavy atom. The summed E-state index contributed by atoms with van der Waals surface area (Å²) in [5, 5.41) is 10.5. The maximum absolute atomic E-state index is 13.9. The molecule has 2 aromatic carbocycles. The molecule has 0 aliphatic heterocycles. The van der Waals surface area contributed by atoms with Gasteiger partial charge in [-0.3, -0.25) is 4.79 Å². The first-order chi connectivity index (χ1) is 17.8. The van der Waals surface area contributed by atoms with Gasteiger partial charge in [-0.2, -0.15) is 0 Å². The van der Waals surface area contributed by atoms with Crippen molar-refractivity contribution in [2.75, 3.05) is 5.32 Å². The zero-order valence-electron chi connectivity index (χ0n) is 20.7. The third kappa shape index (κ3) is 7.25. The number of carbonyl (C=O) groups is 2. The molecule has 3 amide bonds. The lowest BCUT2D eigenvalue weighted by Crippen LogP contribution is -2.54. The van der Waals surface area contributed by atoms with Crippen LogP contribution in [-0.4, -0.2) is 29.0 Å². The summed E-state index contributed by atoms with van der Waals surface area (Å²) in [4.78, 5) is 29.7. The molecule has 0 radical (unpaired) electrons. The Bertz CT molecular complexity index is 1230. The second-order valence-corrected chi connectivity index (χ2v) is 10.3. The van der Waals surface area contributed by atoms with Crippen LogP contribution in [0.15, 0.2) is 47.8 Å². The third-order valence-electron chi connectivity index (χ3n) is 6.27. The van der Waals surface area contributed by atoms with Crippen molar-refractivity contribution in [3.8, 4) is 5.75 Å². The van der Waals surface area contributed by atoms with Crippen LogP contribution in [-0.2, 0) is 6.61 Å². The number of nitrogens with zero attached hydrogens (tertiary/aromatic N) is 1. The number of aromatic nitrogens is 1. The fourth-order valence-electron chi connectivity index (χ4n) is 4.21. The van der Waals surface area contributed by atoms with Crippen LogP contribution in [0, 0.1) is 11.6 Å². The molecular formula is C27H30F2N4O3S. The quantitative estimate of drug-likeness (QED) is 0.335. The van der Waals surface area contributed by atoms with Crippen LogP contribution in [0.2, 0.25) is 0 Å². The first-order valence-electron chi connectivity index (χ1n) is 12.3. The molecule has 10 heteroatoms. The van der Waals surface area contributed by atoms with Gasteiger partial charge in [0, 0.05) is 17.5 Å². The van der Waals surface area contributed by atoms with Gasteiger partial charge in [-0.15, -0.1) is 11.3 Å². The summed E-state index contributed by atoms with van der Waals surface area (Å²) in [6.07, 6.45) is 3.14. The molecule has 3 aromatic rings. The topological polar surface area (TPSA) is 92.3 Å². The molecule has 1 aliphatic rings. The summed E-state index contributed by atoms with van der Waals surface area (Å²) in [5.74, 6) is -0.733. The molecule has 0 saturated heterocycles. The van der Waals surface area contributed by atoms with E-state index < -0.39 is 17.7 Å². The average Bonchev–Trinajstić information content (AvgIpc) is 3.35. The molecule has 0 unspecified atom stereocenters. The molecule has 1 aliphatic carbocycles. The lowest BCUT2D eigenvalue weighted by molar-refractivity contribution is 0.0911. The van der Waals surface area contributed by atoms with E-state index in [0.29, 0.717) is 35.5 Å². The van der Waals surface area contributed by atoms with Crippen LogP contribution < -0.4 is 20.7 Å². The first-order valence-corrected chi connectivity index (χ1v) is 13.2. The molecule has 1 saturated carbocycles. The number of ether oxygens (including phenoxy) is 1.